The van der Waals surface area contributed by atoms with Crippen LogP contribution in [0.1, 0.15) is 31.7 Å². The molecule has 1 N–H and O–H groups in total. The minimum absolute atomic E-state index is 0.255. The minimum atomic E-state index is 0.255. The summed E-state index contributed by atoms with van der Waals surface area (Å²) in [5.41, 5.74) is 1.72. The van der Waals surface area contributed by atoms with Gasteiger partial charge in [-0.2, -0.15) is 11.8 Å². The lowest BCUT2D eigenvalue weighted by Crippen LogP contribution is -2.39. The zero-order valence-corrected chi connectivity index (χ0v) is 14.0. The molecular formula is C17H29NOS. The van der Waals surface area contributed by atoms with Gasteiger partial charge in [0.25, 0.3) is 0 Å². The number of hydrogen-bond donors (Lipinski definition) is 1. The van der Waals surface area contributed by atoms with Crippen LogP contribution in [0, 0.1) is 0 Å². The van der Waals surface area contributed by atoms with Gasteiger partial charge in [0, 0.05) is 25.6 Å². The van der Waals surface area contributed by atoms with E-state index in [-0.39, 0.29) is 5.41 Å². The van der Waals surface area contributed by atoms with Crippen molar-refractivity contribution in [1.82, 2.24) is 5.32 Å². The highest BCUT2D eigenvalue weighted by atomic mass is 32.2. The third-order valence-corrected chi connectivity index (χ3v) is 4.71. The van der Waals surface area contributed by atoms with Gasteiger partial charge in [-0.05, 0) is 36.8 Å². The number of ether oxygens (including phenoxy) is 1. The molecule has 0 aliphatic carbocycles. The van der Waals surface area contributed by atoms with E-state index >= 15 is 0 Å². The van der Waals surface area contributed by atoms with Gasteiger partial charge in [-0.25, -0.2) is 0 Å². The van der Waals surface area contributed by atoms with Gasteiger partial charge in [0.1, 0.15) is 0 Å². The topological polar surface area (TPSA) is 21.3 Å². The van der Waals surface area contributed by atoms with E-state index in [9.17, 15) is 0 Å². The molecule has 1 aromatic carbocycles. The van der Waals surface area contributed by atoms with E-state index in [0.717, 1.165) is 19.7 Å². The lowest BCUT2D eigenvalue weighted by molar-refractivity contribution is 0.195. The Morgan fingerprint density at radius 3 is 2.60 bits per heavy atom. The van der Waals surface area contributed by atoms with Gasteiger partial charge in [-0.15, -0.1) is 0 Å². The maximum Gasteiger partial charge on any atom is 0.0587 e. The number of benzene rings is 1. The molecule has 0 heterocycles. The summed E-state index contributed by atoms with van der Waals surface area (Å²) in [4.78, 5) is 0. The zero-order valence-electron chi connectivity index (χ0n) is 13.2. The van der Waals surface area contributed by atoms with Gasteiger partial charge >= 0.3 is 0 Å². The fourth-order valence-electron chi connectivity index (χ4n) is 2.69. The maximum atomic E-state index is 5.13. The Morgan fingerprint density at radius 2 is 2.00 bits per heavy atom. The van der Waals surface area contributed by atoms with E-state index in [1.54, 1.807) is 7.11 Å². The summed E-state index contributed by atoms with van der Waals surface area (Å²) in [6, 6.07) is 11.0. The Morgan fingerprint density at radius 1 is 1.25 bits per heavy atom. The summed E-state index contributed by atoms with van der Waals surface area (Å²) >= 11 is 1.94. The molecule has 3 heteroatoms. The third-order valence-electron chi connectivity index (χ3n) is 4.01. The standard InChI is InChI=1S/C17H29NOS/c1-4-17(11-8-14-20-3,15-18-12-13-19-2)16-9-6-5-7-10-16/h5-7,9-10,18H,4,8,11-15H2,1-3H3. The highest BCUT2D eigenvalue weighted by molar-refractivity contribution is 7.98. The minimum Gasteiger partial charge on any atom is -0.383 e. The first-order valence-corrected chi connectivity index (χ1v) is 8.92. The number of rotatable bonds is 11. The van der Waals surface area contributed by atoms with Gasteiger partial charge < -0.3 is 10.1 Å². The third kappa shape index (κ3) is 5.47. The van der Waals surface area contributed by atoms with Crippen LogP contribution in [-0.4, -0.2) is 38.8 Å². The van der Waals surface area contributed by atoms with Gasteiger partial charge in [-0.3, -0.25) is 0 Å². The molecule has 0 saturated carbocycles. The van der Waals surface area contributed by atoms with Crippen molar-refractivity contribution >= 4 is 11.8 Å². The van der Waals surface area contributed by atoms with E-state index in [1.165, 1.54) is 30.6 Å². The number of methoxy groups -OCH3 is 1. The highest BCUT2D eigenvalue weighted by Gasteiger charge is 2.29. The largest absolute Gasteiger partial charge is 0.383 e. The van der Waals surface area contributed by atoms with E-state index in [4.69, 9.17) is 4.74 Å². The van der Waals surface area contributed by atoms with E-state index in [0.29, 0.717) is 0 Å². The Balaban J connectivity index is 2.74. The van der Waals surface area contributed by atoms with Crippen molar-refractivity contribution in [2.75, 3.05) is 38.8 Å². The molecule has 0 saturated heterocycles. The quantitative estimate of drug-likeness (QED) is 0.629. The average Bonchev–Trinajstić information content (AvgIpc) is 2.51. The molecule has 0 spiro atoms. The first kappa shape index (κ1) is 17.5. The van der Waals surface area contributed by atoms with Crippen molar-refractivity contribution in [2.45, 2.75) is 31.6 Å². The van der Waals surface area contributed by atoms with Gasteiger partial charge in [-0.1, -0.05) is 37.3 Å². The number of hydrogen-bond acceptors (Lipinski definition) is 3. The predicted molar refractivity (Wildman–Crippen MR) is 90.8 cm³/mol. The fourth-order valence-corrected chi connectivity index (χ4v) is 3.12. The molecule has 1 rings (SSSR count). The molecule has 1 aromatic rings. The van der Waals surface area contributed by atoms with Crippen molar-refractivity contribution in [3.8, 4) is 0 Å². The Hall–Kier alpha value is -0.510. The molecular weight excluding hydrogens is 266 g/mol. The zero-order chi connectivity index (χ0) is 14.7. The Labute approximate surface area is 128 Å². The van der Waals surface area contributed by atoms with Crippen molar-refractivity contribution in [3.05, 3.63) is 35.9 Å². The Bertz CT molecular complexity index is 344. The molecule has 1 atom stereocenters. The summed E-state index contributed by atoms with van der Waals surface area (Å²) < 4.78 is 5.13. The summed E-state index contributed by atoms with van der Waals surface area (Å²) in [7, 11) is 1.75. The van der Waals surface area contributed by atoms with Crippen LogP contribution in [0.4, 0.5) is 0 Å². The van der Waals surface area contributed by atoms with Crippen LogP contribution in [-0.2, 0) is 10.2 Å². The lowest BCUT2D eigenvalue weighted by atomic mass is 9.74. The molecule has 0 aromatic heterocycles. The van der Waals surface area contributed by atoms with Crippen molar-refractivity contribution in [1.29, 1.82) is 0 Å². The van der Waals surface area contributed by atoms with Crippen molar-refractivity contribution < 1.29 is 4.74 Å². The van der Waals surface area contributed by atoms with Crippen LogP contribution < -0.4 is 5.32 Å². The molecule has 0 radical (unpaired) electrons. The molecule has 0 amide bonds. The number of nitrogens with one attached hydrogen (secondary N) is 1. The van der Waals surface area contributed by atoms with E-state index < -0.39 is 0 Å². The first-order valence-electron chi connectivity index (χ1n) is 7.53. The second kappa shape index (κ2) is 10.3. The first-order chi connectivity index (χ1) is 9.79. The van der Waals surface area contributed by atoms with Crippen LogP contribution >= 0.6 is 11.8 Å². The van der Waals surface area contributed by atoms with Crippen molar-refractivity contribution in [2.24, 2.45) is 0 Å². The van der Waals surface area contributed by atoms with Crippen molar-refractivity contribution in [3.63, 3.8) is 0 Å². The van der Waals surface area contributed by atoms with Crippen LogP contribution in [0.25, 0.3) is 0 Å². The summed E-state index contributed by atoms with van der Waals surface area (Å²) in [5, 5.41) is 3.57. The SMILES string of the molecule is CCC(CCCSC)(CNCCOC)c1ccccc1. The summed E-state index contributed by atoms with van der Waals surface area (Å²) in [5.74, 6) is 1.24. The number of thioether (sulfide) groups is 1. The summed E-state index contributed by atoms with van der Waals surface area (Å²) in [6.45, 7) is 5.04. The molecule has 0 aliphatic heterocycles. The average molecular weight is 295 g/mol. The molecule has 2 nitrogen and oxygen atoms in total. The molecule has 114 valence electrons. The molecule has 0 bridgehead atoms. The van der Waals surface area contributed by atoms with E-state index in [1.807, 2.05) is 11.8 Å². The second-order valence-electron chi connectivity index (χ2n) is 5.27. The smallest absolute Gasteiger partial charge is 0.0587 e. The van der Waals surface area contributed by atoms with Gasteiger partial charge in [0.2, 0.25) is 0 Å². The van der Waals surface area contributed by atoms with Gasteiger partial charge in [0.15, 0.2) is 0 Å². The lowest BCUT2D eigenvalue weighted by Gasteiger charge is -2.34. The van der Waals surface area contributed by atoms with E-state index in [2.05, 4.69) is 48.8 Å². The highest BCUT2D eigenvalue weighted by Crippen LogP contribution is 2.32. The van der Waals surface area contributed by atoms with Crippen LogP contribution in [0.2, 0.25) is 0 Å². The normalized spacial score (nSPS) is 14.2. The Kier molecular flexibility index (Phi) is 8.99. The van der Waals surface area contributed by atoms with Crippen LogP contribution in [0.5, 0.6) is 0 Å². The molecule has 0 fully saturated rings. The molecule has 1 unspecified atom stereocenters. The van der Waals surface area contributed by atoms with Crippen LogP contribution in [0.15, 0.2) is 30.3 Å². The molecule has 20 heavy (non-hydrogen) atoms. The summed E-state index contributed by atoms with van der Waals surface area (Å²) in [6.07, 6.45) is 5.88. The maximum absolute atomic E-state index is 5.13. The second-order valence-corrected chi connectivity index (χ2v) is 6.25. The van der Waals surface area contributed by atoms with Gasteiger partial charge in [0.05, 0.1) is 6.61 Å². The fraction of sp³-hybridized carbons (Fsp3) is 0.647. The predicted octanol–water partition coefficient (Wildman–Crippen LogP) is 3.71. The monoisotopic (exact) mass is 295 g/mol. The molecule has 0 aliphatic rings. The van der Waals surface area contributed by atoms with Crippen LogP contribution in [0.3, 0.4) is 0 Å².